The lowest BCUT2D eigenvalue weighted by atomic mass is 9.79. The van der Waals surface area contributed by atoms with Crippen LogP contribution in [-0.2, 0) is 19.6 Å². The first kappa shape index (κ1) is 23.9. The van der Waals surface area contributed by atoms with E-state index in [9.17, 15) is 0 Å². The third kappa shape index (κ3) is 5.43. The average Bonchev–Trinajstić information content (AvgIpc) is 2.68. The summed E-state index contributed by atoms with van der Waals surface area (Å²) >= 11 is 0. The molecule has 0 aromatic carbocycles. The first-order valence-electron chi connectivity index (χ1n) is 11.0. The molecule has 0 heterocycles. The van der Waals surface area contributed by atoms with Crippen molar-refractivity contribution in [2.75, 3.05) is 0 Å². The molecule has 1 aliphatic rings. The molecule has 0 N–H and O–H groups in total. The highest BCUT2D eigenvalue weighted by atomic mass is 17.3. The molecule has 0 aromatic rings. The van der Waals surface area contributed by atoms with Gasteiger partial charge in [-0.2, -0.15) is 9.78 Å². The van der Waals surface area contributed by atoms with Gasteiger partial charge in [-0.3, -0.25) is 0 Å². The van der Waals surface area contributed by atoms with E-state index >= 15 is 0 Å². The van der Waals surface area contributed by atoms with Crippen LogP contribution in [0.4, 0.5) is 0 Å². The van der Waals surface area contributed by atoms with Crippen LogP contribution >= 0.6 is 0 Å². The van der Waals surface area contributed by atoms with E-state index in [0.29, 0.717) is 5.92 Å². The highest BCUT2D eigenvalue weighted by molar-refractivity contribution is 4.84. The van der Waals surface area contributed by atoms with Crippen molar-refractivity contribution < 1.29 is 19.6 Å². The lowest BCUT2D eigenvalue weighted by molar-refractivity contribution is -0.563. The summed E-state index contributed by atoms with van der Waals surface area (Å²) in [6.07, 6.45) is 8.57. The molecule has 0 aliphatic heterocycles. The summed E-state index contributed by atoms with van der Waals surface area (Å²) in [7, 11) is 0. The second kappa shape index (κ2) is 10.4. The number of rotatable bonds is 12. The molecule has 0 radical (unpaired) electrons. The molecule has 0 amide bonds. The monoisotopic (exact) mass is 372 g/mol. The minimum atomic E-state index is -0.826. The molecule has 0 spiro atoms. The zero-order valence-corrected chi connectivity index (χ0v) is 18.7. The topological polar surface area (TPSA) is 36.9 Å². The predicted molar refractivity (Wildman–Crippen MR) is 106 cm³/mol. The Balaban J connectivity index is 3.00. The Morgan fingerprint density at radius 1 is 0.692 bits per heavy atom. The molecule has 0 aromatic heterocycles. The minimum absolute atomic E-state index is 0.227. The Hall–Kier alpha value is -0.160. The maximum absolute atomic E-state index is 6.17. The molecule has 0 bridgehead atoms. The summed E-state index contributed by atoms with van der Waals surface area (Å²) in [6, 6.07) is 0. The molecule has 26 heavy (non-hydrogen) atoms. The van der Waals surface area contributed by atoms with E-state index in [0.717, 1.165) is 51.4 Å². The normalized spacial score (nSPS) is 24.0. The highest BCUT2D eigenvalue weighted by Crippen LogP contribution is 2.43. The van der Waals surface area contributed by atoms with E-state index in [2.05, 4.69) is 55.4 Å². The second-order valence-electron chi connectivity index (χ2n) is 8.42. The van der Waals surface area contributed by atoms with Crippen LogP contribution in [0.1, 0.15) is 113 Å². The van der Waals surface area contributed by atoms with Gasteiger partial charge in [-0.05, 0) is 50.9 Å². The van der Waals surface area contributed by atoms with E-state index in [-0.39, 0.29) is 17.1 Å². The summed E-state index contributed by atoms with van der Waals surface area (Å²) in [5.74, 6) is -0.0742. The van der Waals surface area contributed by atoms with Gasteiger partial charge in [0.25, 0.3) is 0 Å². The van der Waals surface area contributed by atoms with Crippen molar-refractivity contribution in [2.24, 2.45) is 11.8 Å². The fourth-order valence-electron chi connectivity index (χ4n) is 3.96. The van der Waals surface area contributed by atoms with Gasteiger partial charge in [0, 0.05) is 12.3 Å². The summed E-state index contributed by atoms with van der Waals surface area (Å²) in [5.41, 5.74) is -0.512. The summed E-state index contributed by atoms with van der Waals surface area (Å²) in [6.45, 7) is 17.4. The van der Waals surface area contributed by atoms with Crippen LogP contribution in [0.2, 0.25) is 0 Å². The molecule has 4 heteroatoms. The first-order chi connectivity index (χ1) is 12.3. The van der Waals surface area contributed by atoms with Crippen LogP contribution in [0, 0.1) is 11.8 Å². The Bertz CT molecular complexity index is 347. The maximum Gasteiger partial charge on any atom is 0.236 e. The van der Waals surface area contributed by atoms with E-state index in [1.807, 2.05) is 0 Å². The average molecular weight is 373 g/mol. The highest BCUT2D eigenvalue weighted by Gasteiger charge is 2.48. The summed E-state index contributed by atoms with van der Waals surface area (Å²) in [5, 5.41) is 0. The zero-order chi connectivity index (χ0) is 19.8. The van der Waals surface area contributed by atoms with Gasteiger partial charge in [-0.25, -0.2) is 9.78 Å². The van der Waals surface area contributed by atoms with Crippen molar-refractivity contribution in [3.8, 4) is 0 Å². The van der Waals surface area contributed by atoms with Gasteiger partial charge in [0.05, 0.1) is 0 Å². The van der Waals surface area contributed by atoms with E-state index in [1.54, 1.807) is 0 Å². The van der Waals surface area contributed by atoms with Crippen molar-refractivity contribution in [1.82, 2.24) is 0 Å². The lowest BCUT2D eigenvalue weighted by Crippen LogP contribution is -2.50. The predicted octanol–water partition coefficient (Wildman–Crippen LogP) is 6.97. The molecule has 1 aliphatic carbocycles. The molecule has 2 atom stereocenters. The first-order valence-corrected chi connectivity index (χ1v) is 11.0. The second-order valence-corrected chi connectivity index (χ2v) is 8.42. The molecule has 0 saturated heterocycles. The van der Waals surface area contributed by atoms with Gasteiger partial charge in [0.2, 0.25) is 5.79 Å². The van der Waals surface area contributed by atoms with Crippen LogP contribution in [0.5, 0.6) is 0 Å². The van der Waals surface area contributed by atoms with Crippen molar-refractivity contribution in [2.45, 2.75) is 130 Å². The molecule has 156 valence electrons. The SMILES string of the molecule is CCC(CC)(CC)OOC1(OOC(CC)(CC)CC)CC(C)CCC1C. The quantitative estimate of drug-likeness (QED) is 0.210. The number of hydrogen-bond acceptors (Lipinski definition) is 4. The van der Waals surface area contributed by atoms with E-state index < -0.39 is 5.79 Å². The smallest absolute Gasteiger partial charge is 0.227 e. The standard InChI is InChI=1S/C22H44O4/c1-9-20(10-2,11-3)23-25-22(17-18(7)15-16-19(22)8)26-24-21(12-4,13-5)14-6/h18-19H,9-17H2,1-8H3. The minimum Gasteiger partial charge on any atom is -0.227 e. The Kier molecular flexibility index (Phi) is 9.55. The third-order valence-corrected chi connectivity index (χ3v) is 7.06. The molecule has 1 rings (SSSR count). The van der Waals surface area contributed by atoms with Crippen molar-refractivity contribution in [3.63, 3.8) is 0 Å². The van der Waals surface area contributed by atoms with Gasteiger partial charge in [0.1, 0.15) is 11.2 Å². The maximum atomic E-state index is 6.17. The van der Waals surface area contributed by atoms with Crippen LogP contribution < -0.4 is 0 Å². The van der Waals surface area contributed by atoms with Crippen molar-refractivity contribution >= 4 is 0 Å². The lowest BCUT2D eigenvalue weighted by Gasteiger charge is -2.45. The van der Waals surface area contributed by atoms with E-state index in [1.165, 1.54) is 6.42 Å². The fourth-order valence-corrected chi connectivity index (χ4v) is 3.96. The summed E-state index contributed by atoms with van der Waals surface area (Å²) < 4.78 is 0. The number of hydrogen-bond donors (Lipinski definition) is 0. The fraction of sp³-hybridized carbons (Fsp3) is 1.00. The summed E-state index contributed by atoms with van der Waals surface area (Å²) in [4.78, 5) is 24.5. The largest absolute Gasteiger partial charge is 0.236 e. The van der Waals surface area contributed by atoms with Crippen LogP contribution in [0.15, 0.2) is 0 Å². The van der Waals surface area contributed by atoms with Crippen LogP contribution in [-0.4, -0.2) is 17.0 Å². The molecular weight excluding hydrogens is 328 g/mol. The van der Waals surface area contributed by atoms with Crippen LogP contribution in [0.25, 0.3) is 0 Å². The molecular formula is C22H44O4. The third-order valence-electron chi connectivity index (χ3n) is 7.06. The molecule has 1 saturated carbocycles. The molecule has 2 unspecified atom stereocenters. The van der Waals surface area contributed by atoms with Gasteiger partial charge < -0.3 is 0 Å². The molecule has 1 fully saturated rings. The van der Waals surface area contributed by atoms with E-state index in [4.69, 9.17) is 19.6 Å². The van der Waals surface area contributed by atoms with Gasteiger partial charge in [-0.15, -0.1) is 0 Å². The Morgan fingerprint density at radius 3 is 1.42 bits per heavy atom. The molecule has 4 nitrogen and oxygen atoms in total. The van der Waals surface area contributed by atoms with Gasteiger partial charge in [0.15, 0.2) is 0 Å². The van der Waals surface area contributed by atoms with Crippen molar-refractivity contribution in [1.29, 1.82) is 0 Å². The Labute approximate surface area is 162 Å². The van der Waals surface area contributed by atoms with Gasteiger partial charge in [-0.1, -0.05) is 61.8 Å². The van der Waals surface area contributed by atoms with Crippen LogP contribution in [0.3, 0.4) is 0 Å². The van der Waals surface area contributed by atoms with Crippen molar-refractivity contribution in [3.05, 3.63) is 0 Å². The zero-order valence-electron chi connectivity index (χ0n) is 18.7. The van der Waals surface area contributed by atoms with Gasteiger partial charge >= 0.3 is 0 Å². The Morgan fingerprint density at radius 2 is 1.08 bits per heavy atom.